The molecule has 3 aromatic heterocycles. The SMILES string of the molecule is O=C(NC1(C(F)(F)F)COC1)c1ccn2c(-c3cccc(N[C@H]4CNCC[C@@H]4F)n3)cnc2c1. The molecule has 2 fully saturated rings. The predicted octanol–water partition coefficient (Wildman–Crippen LogP) is 2.57. The van der Waals surface area contributed by atoms with Crippen LogP contribution < -0.4 is 16.0 Å². The molecule has 2 aliphatic heterocycles. The molecule has 0 saturated carbocycles. The summed E-state index contributed by atoms with van der Waals surface area (Å²) in [5.41, 5.74) is -0.781. The summed E-state index contributed by atoms with van der Waals surface area (Å²) in [6, 6.07) is 7.74. The second-order valence-corrected chi connectivity index (χ2v) is 8.48. The number of hydrogen-bond donors (Lipinski definition) is 3. The average Bonchev–Trinajstić information content (AvgIpc) is 3.20. The lowest BCUT2D eigenvalue weighted by atomic mass is 9.96. The number of fused-ring (bicyclic) bond motifs is 1. The molecular weight excluding hydrogens is 456 g/mol. The van der Waals surface area contributed by atoms with Gasteiger partial charge >= 0.3 is 6.18 Å². The monoisotopic (exact) mass is 478 g/mol. The fourth-order valence-electron chi connectivity index (χ4n) is 4.03. The quantitative estimate of drug-likeness (QED) is 0.489. The molecular formula is C22H22F4N6O2. The fourth-order valence-corrected chi connectivity index (χ4v) is 4.03. The van der Waals surface area contributed by atoms with Gasteiger partial charge in [0.1, 0.15) is 17.6 Å². The van der Waals surface area contributed by atoms with Crippen molar-refractivity contribution in [1.29, 1.82) is 0 Å². The molecule has 0 bridgehead atoms. The molecule has 2 saturated heterocycles. The normalized spacial score (nSPS) is 22.2. The van der Waals surface area contributed by atoms with Crippen LogP contribution in [0.25, 0.3) is 17.0 Å². The van der Waals surface area contributed by atoms with Gasteiger partial charge in [-0.05, 0) is 37.2 Å². The summed E-state index contributed by atoms with van der Waals surface area (Å²) in [4.78, 5) is 21.4. The smallest absolute Gasteiger partial charge is 0.376 e. The Bertz CT molecular complexity index is 1210. The summed E-state index contributed by atoms with van der Waals surface area (Å²) in [5, 5.41) is 8.32. The predicted molar refractivity (Wildman–Crippen MR) is 115 cm³/mol. The van der Waals surface area contributed by atoms with Gasteiger partial charge in [0.2, 0.25) is 0 Å². The Morgan fingerprint density at radius 1 is 1.26 bits per heavy atom. The van der Waals surface area contributed by atoms with Gasteiger partial charge in [-0.3, -0.25) is 9.20 Å². The maximum atomic E-state index is 14.2. The van der Waals surface area contributed by atoms with Crippen LogP contribution in [-0.4, -0.2) is 70.5 Å². The molecule has 180 valence electrons. The largest absolute Gasteiger partial charge is 0.416 e. The van der Waals surface area contributed by atoms with Crippen molar-refractivity contribution in [3.8, 4) is 11.4 Å². The van der Waals surface area contributed by atoms with Crippen LogP contribution in [0.1, 0.15) is 16.8 Å². The Morgan fingerprint density at radius 3 is 2.79 bits per heavy atom. The first-order valence-electron chi connectivity index (χ1n) is 10.8. The number of halogens is 4. The van der Waals surface area contributed by atoms with Gasteiger partial charge in [-0.1, -0.05) is 6.07 Å². The maximum Gasteiger partial charge on any atom is 0.416 e. The van der Waals surface area contributed by atoms with Crippen molar-refractivity contribution in [3.05, 3.63) is 48.3 Å². The van der Waals surface area contributed by atoms with Crippen LogP contribution in [0.4, 0.5) is 23.4 Å². The Morgan fingerprint density at radius 2 is 2.09 bits per heavy atom. The minimum absolute atomic E-state index is 0.0438. The van der Waals surface area contributed by atoms with E-state index in [2.05, 4.69) is 25.9 Å². The Kier molecular flexibility index (Phi) is 5.64. The van der Waals surface area contributed by atoms with Crippen molar-refractivity contribution in [2.75, 3.05) is 31.6 Å². The van der Waals surface area contributed by atoms with E-state index in [1.165, 1.54) is 12.1 Å². The summed E-state index contributed by atoms with van der Waals surface area (Å²) in [7, 11) is 0. The number of piperidine rings is 1. The van der Waals surface area contributed by atoms with E-state index < -0.39 is 37.0 Å². The van der Waals surface area contributed by atoms with E-state index in [1.807, 2.05) is 0 Å². The number of rotatable bonds is 5. The van der Waals surface area contributed by atoms with E-state index in [9.17, 15) is 22.4 Å². The summed E-state index contributed by atoms with van der Waals surface area (Å²) in [5.74, 6) is -0.348. The number of hydrogen-bond acceptors (Lipinski definition) is 6. The summed E-state index contributed by atoms with van der Waals surface area (Å²) < 4.78 is 60.5. The van der Waals surface area contributed by atoms with Crippen molar-refractivity contribution >= 4 is 17.4 Å². The van der Waals surface area contributed by atoms with Crippen molar-refractivity contribution in [2.45, 2.75) is 30.3 Å². The zero-order valence-corrected chi connectivity index (χ0v) is 17.9. The average molecular weight is 478 g/mol. The molecule has 0 radical (unpaired) electrons. The summed E-state index contributed by atoms with van der Waals surface area (Å²) in [6.07, 6.45) is -2.06. The molecule has 0 unspecified atom stereocenters. The second-order valence-electron chi connectivity index (χ2n) is 8.48. The number of nitrogens with zero attached hydrogens (tertiary/aromatic N) is 3. The number of amides is 1. The van der Waals surface area contributed by atoms with Gasteiger partial charge in [0.15, 0.2) is 5.54 Å². The molecule has 5 heterocycles. The number of anilines is 1. The third-order valence-corrected chi connectivity index (χ3v) is 6.11. The molecule has 34 heavy (non-hydrogen) atoms. The fraction of sp³-hybridized carbons (Fsp3) is 0.409. The number of alkyl halides is 4. The standard InChI is InChI=1S/C22H22F4N6O2/c23-14-4-6-27-9-16(14)30-18-3-1-2-15(29-18)17-10-28-19-8-13(5-7-32(17)19)20(33)31-21(11-34-12-21)22(24,25)26/h1-3,5,7-8,10,14,16,27H,4,6,9,11-12H2,(H,29,30)(H,31,33)/t14-,16-/m0/s1. The van der Waals surface area contributed by atoms with Crippen LogP contribution in [0, 0.1) is 0 Å². The number of aromatic nitrogens is 3. The summed E-state index contributed by atoms with van der Waals surface area (Å²) in [6.45, 7) is -0.100. The Labute approximate surface area is 191 Å². The van der Waals surface area contributed by atoms with E-state index in [-0.39, 0.29) is 11.6 Å². The summed E-state index contributed by atoms with van der Waals surface area (Å²) >= 11 is 0. The first-order chi connectivity index (χ1) is 16.3. The molecule has 0 aromatic carbocycles. The van der Waals surface area contributed by atoms with Gasteiger partial charge in [-0.2, -0.15) is 13.2 Å². The molecule has 3 aromatic rings. The topological polar surface area (TPSA) is 92.6 Å². The first-order valence-corrected chi connectivity index (χ1v) is 10.8. The zero-order valence-electron chi connectivity index (χ0n) is 17.9. The lowest BCUT2D eigenvalue weighted by Crippen LogP contribution is -2.70. The maximum absolute atomic E-state index is 14.2. The minimum Gasteiger partial charge on any atom is -0.376 e. The molecule has 2 atom stereocenters. The number of carbonyl (C=O) groups is 1. The molecule has 0 spiro atoms. The van der Waals surface area contributed by atoms with Gasteiger partial charge in [0, 0.05) is 18.3 Å². The van der Waals surface area contributed by atoms with Crippen LogP contribution in [0.3, 0.4) is 0 Å². The Balaban J connectivity index is 1.37. The van der Waals surface area contributed by atoms with Crippen molar-refractivity contribution in [2.24, 2.45) is 0 Å². The van der Waals surface area contributed by atoms with E-state index in [0.29, 0.717) is 42.4 Å². The highest BCUT2D eigenvalue weighted by Gasteiger charge is 2.61. The van der Waals surface area contributed by atoms with E-state index in [4.69, 9.17) is 4.74 Å². The third-order valence-electron chi connectivity index (χ3n) is 6.11. The van der Waals surface area contributed by atoms with Crippen molar-refractivity contribution < 1.29 is 27.1 Å². The molecule has 1 amide bonds. The molecule has 8 nitrogen and oxygen atoms in total. The molecule has 0 aliphatic carbocycles. The van der Waals surface area contributed by atoms with Gasteiger partial charge in [0.25, 0.3) is 5.91 Å². The second kappa shape index (κ2) is 8.51. The molecule has 5 rings (SSSR count). The van der Waals surface area contributed by atoms with Crippen LogP contribution in [0.2, 0.25) is 0 Å². The highest BCUT2D eigenvalue weighted by molar-refractivity contribution is 5.95. The van der Waals surface area contributed by atoms with Crippen LogP contribution >= 0.6 is 0 Å². The van der Waals surface area contributed by atoms with Crippen molar-refractivity contribution in [1.82, 2.24) is 25.0 Å². The lowest BCUT2D eigenvalue weighted by molar-refractivity contribution is -0.263. The van der Waals surface area contributed by atoms with Gasteiger partial charge < -0.3 is 20.7 Å². The van der Waals surface area contributed by atoms with Gasteiger partial charge in [0.05, 0.1) is 36.8 Å². The number of carbonyl (C=O) groups excluding carboxylic acids is 1. The molecule has 2 aliphatic rings. The van der Waals surface area contributed by atoms with E-state index in [1.54, 1.807) is 35.0 Å². The van der Waals surface area contributed by atoms with E-state index >= 15 is 0 Å². The number of nitrogens with one attached hydrogen (secondary N) is 3. The highest BCUT2D eigenvalue weighted by Crippen LogP contribution is 2.36. The van der Waals surface area contributed by atoms with Gasteiger partial charge in [-0.25, -0.2) is 14.4 Å². The minimum atomic E-state index is -4.62. The first kappa shape index (κ1) is 22.5. The van der Waals surface area contributed by atoms with E-state index in [0.717, 1.165) is 0 Å². The van der Waals surface area contributed by atoms with Crippen molar-refractivity contribution in [3.63, 3.8) is 0 Å². The van der Waals surface area contributed by atoms with Crippen LogP contribution in [0.15, 0.2) is 42.7 Å². The Hall–Kier alpha value is -3.25. The van der Waals surface area contributed by atoms with Crippen LogP contribution in [-0.2, 0) is 4.74 Å². The highest BCUT2D eigenvalue weighted by atomic mass is 19.4. The number of ether oxygens (including phenoxy) is 1. The number of pyridine rings is 2. The third kappa shape index (κ3) is 4.07. The number of imidazole rings is 1. The molecule has 12 heteroatoms. The zero-order chi connectivity index (χ0) is 23.9. The molecule has 3 N–H and O–H groups in total. The lowest BCUT2D eigenvalue weighted by Gasteiger charge is -2.42. The van der Waals surface area contributed by atoms with Gasteiger partial charge in [-0.15, -0.1) is 0 Å². The van der Waals surface area contributed by atoms with Crippen LogP contribution in [0.5, 0.6) is 0 Å².